The molecule has 0 aliphatic rings. The maximum absolute atomic E-state index is 11.0. The molecular weight excluding hydrogens is 248 g/mol. The summed E-state index contributed by atoms with van der Waals surface area (Å²) in [7, 11) is 0. The van der Waals surface area contributed by atoms with Crippen LogP contribution in [0.15, 0.2) is 23.5 Å². The Morgan fingerprint density at radius 3 is 2.68 bits per heavy atom. The molecule has 0 saturated carbocycles. The summed E-state index contributed by atoms with van der Waals surface area (Å²) in [5.41, 5.74) is -1.60. The van der Waals surface area contributed by atoms with Gasteiger partial charge in [-0.3, -0.25) is 9.80 Å². The average Bonchev–Trinajstić information content (AvgIpc) is 2.37. The van der Waals surface area contributed by atoms with E-state index in [9.17, 15) is 19.9 Å². The normalized spacial score (nSPS) is 17.6. The van der Waals surface area contributed by atoms with Gasteiger partial charge in [0.2, 0.25) is 0 Å². The molecule has 1 aromatic carbocycles. The Kier molecular flexibility index (Phi) is 3.33. The predicted molar refractivity (Wildman–Crippen MR) is 70.7 cm³/mol. The molecule has 0 heterocycles. The van der Waals surface area contributed by atoms with Crippen LogP contribution in [-0.2, 0) is 0 Å². The third kappa shape index (κ3) is 3.75. The van der Waals surface area contributed by atoms with Crippen LogP contribution < -0.4 is 0 Å². The number of β-amino-alcohol motifs (C(OH)–C–C–N with tert-alkyl or cyclic N) is 1. The van der Waals surface area contributed by atoms with Gasteiger partial charge in [-0.15, -0.1) is 4.91 Å². The van der Waals surface area contributed by atoms with Crippen LogP contribution >= 0.6 is 0 Å². The molecule has 0 spiro atoms. The van der Waals surface area contributed by atoms with Crippen LogP contribution in [0.3, 0.4) is 0 Å². The molecule has 6 nitrogen and oxygen atoms in total. The molecule has 0 aliphatic heterocycles. The van der Waals surface area contributed by atoms with E-state index in [0.29, 0.717) is 11.3 Å². The van der Waals surface area contributed by atoms with Gasteiger partial charge < -0.3 is 10.2 Å². The maximum Gasteiger partial charge on any atom is 0.153 e. The summed E-state index contributed by atoms with van der Waals surface area (Å²) in [5.74, 6) is -0.365. The number of nitrogens with zero attached hydrogens (tertiary/aromatic N) is 2. The van der Waals surface area contributed by atoms with Crippen LogP contribution in [0.4, 0.5) is 0 Å². The van der Waals surface area contributed by atoms with E-state index in [-0.39, 0.29) is 16.9 Å². The second kappa shape index (κ2) is 5.79. The van der Waals surface area contributed by atoms with Gasteiger partial charge in [0.1, 0.15) is 5.75 Å². The van der Waals surface area contributed by atoms with Crippen molar-refractivity contribution < 1.29 is 19.1 Å². The van der Waals surface area contributed by atoms with Crippen LogP contribution in [0.2, 0.25) is 0 Å². The zero-order valence-corrected chi connectivity index (χ0v) is 10.9. The van der Waals surface area contributed by atoms with Crippen molar-refractivity contribution >= 4 is 6.29 Å². The number of nitroso groups, excluding NO2 is 1. The summed E-state index contributed by atoms with van der Waals surface area (Å²) in [4.78, 5) is 21.8. The first-order valence-corrected chi connectivity index (χ1v) is 5.54. The van der Waals surface area contributed by atoms with Crippen LogP contribution in [0.1, 0.15) is 46.9 Å². The molecule has 2 N–H and O–H groups in total. The lowest BCUT2D eigenvalue weighted by Gasteiger charge is -2.31. The third-order valence-corrected chi connectivity index (χ3v) is 2.36. The summed E-state index contributed by atoms with van der Waals surface area (Å²) in [5, 5.41) is 22.8. The Hall–Kier alpha value is -1.95. The molecule has 1 unspecified atom stereocenters. The molecule has 1 atom stereocenters. The molecule has 0 bridgehead atoms. The minimum atomic E-state index is -2.90. The fraction of sp³-hybridized carbons (Fsp3) is 0.462. The molecule has 104 valence electrons. The molecule has 0 saturated heterocycles. The van der Waals surface area contributed by atoms with Gasteiger partial charge in [-0.25, -0.2) is 0 Å². The van der Waals surface area contributed by atoms with Crippen molar-refractivity contribution in [2.75, 3.05) is 6.50 Å². The van der Waals surface area contributed by atoms with E-state index in [2.05, 4.69) is 5.29 Å². The summed E-state index contributed by atoms with van der Waals surface area (Å²) >= 11 is 0. The molecule has 1 aromatic rings. The standard InChI is InChI=1S/C13H18N2O4/c1-13(2,3)15(14-19)7-12(18)9-4-5-11(17)10(6-9)8-16/h4-6,8,12,17-18H,7H2,1-3H3/i7D2,12D. The molecular formula is C13H18N2O4. The Labute approximate surface area is 115 Å². The number of carbonyl (C=O) groups is 1. The van der Waals surface area contributed by atoms with Gasteiger partial charge in [-0.05, 0) is 38.5 Å². The van der Waals surface area contributed by atoms with E-state index in [1.165, 1.54) is 20.8 Å². The molecule has 0 amide bonds. The van der Waals surface area contributed by atoms with Crippen molar-refractivity contribution in [1.82, 2.24) is 5.01 Å². The van der Waals surface area contributed by atoms with Crippen LogP contribution in [0, 0.1) is 4.91 Å². The van der Waals surface area contributed by atoms with Crippen molar-refractivity contribution in [2.24, 2.45) is 5.29 Å². The number of carbonyl (C=O) groups excluding carboxylic acids is 1. The summed E-state index contributed by atoms with van der Waals surface area (Å²) in [6, 6.07) is 3.14. The second-order valence-electron chi connectivity index (χ2n) is 4.92. The van der Waals surface area contributed by atoms with E-state index in [1.807, 2.05) is 0 Å². The van der Waals surface area contributed by atoms with Crippen molar-refractivity contribution in [3.8, 4) is 5.75 Å². The van der Waals surface area contributed by atoms with Crippen molar-refractivity contribution in [3.63, 3.8) is 0 Å². The lowest BCUT2D eigenvalue weighted by Crippen LogP contribution is -2.39. The first-order chi connectivity index (χ1) is 9.89. The van der Waals surface area contributed by atoms with Crippen LogP contribution in [0.5, 0.6) is 5.75 Å². The quantitative estimate of drug-likeness (QED) is 0.485. The third-order valence-electron chi connectivity index (χ3n) is 2.36. The number of phenols is 1. The molecule has 19 heavy (non-hydrogen) atoms. The number of hydrogen-bond donors (Lipinski definition) is 2. The van der Waals surface area contributed by atoms with E-state index in [4.69, 9.17) is 4.11 Å². The van der Waals surface area contributed by atoms with E-state index < -0.39 is 18.1 Å². The molecule has 0 fully saturated rings. The van der Waals surface area contributed by atoms with Gasteiger partial charge in [0.25, 0.3) is 0 Å². The zero-order valence-electron chi connectivity index (χ0n) is 13.9. The SMILES string of the molecule is [2H]C(O)(c1ccc(O)c(C=O)c1)C([2H])([2H])N(N=O)C(C)(C)C. The second-order valence-corrected chi connectivity index (χ2v) is 4.92. The lowest BCUT2D eigenvalue weighted by atomic mass is 10.0. The zero-order chi connectivity index (χ0) is 17.3. The number of hydrogen-bond acceptors (Lipinski definition) is 5. The van der Waals surface area contributed by atoms with Gasteiger partial charge in [0.15, 0.2) is 6.29 Å². The molecule has 0 radical (unpaired) electrons. The number of aromatic hydroxyl groups is 1. The van der Waals surface area contributed by atoms with E-state index in [1.54, 1.807) is 0 Å². The number of aliphatic hydroxyl groups is 1. The number of rotatable bonds is 5. The maximum atomic E-state index is 11.0. The Bertz CT molecular complexity index is 585. The predicted octanol–water partition coefficient (Wildman–Crippen LogP) is 2.02. The lowest BCUT2D eigenvalue weighted by molar-refractivity contribution is 0.0591. The van der Waals surface area contributed by atoms with E-state index >= 15 is 0 Å². The van der Waals surface area contributed by atoms with Crippen LogP contribution in [-0.4, -0.2) is 33.5 Å². The Balaban J connectivity index is 3.43. The minimum Gasteiger partial charge on any atom is -0.507 e. The number of benzene rings is 1. The van der Waals surface area contributed by atoms with Gasteiger partial charge >= 0.3 is 0 Å². The average molecular weight is 269 g/mol. The number of phenolic OH excluding ortho intramolecular Hbond substituents is 1. The highest BCUT2D eigenvalue weighted by molar-refractivity contribution is 5.79. The number of aldehydes is 1. The first-order valence-electron chi connectivity index (χ1n) is 7.04. The van der Waals surface area contributed by atoms with Crippen molar-refractivity contribution in [1.29, 1.82) is 0 Å². The highest BCUT2D eigenvalue weighted by Crippen LogP contribution is 2.24. The Morgan fingerprint density at radius 2 is 2.21 bits per heavy atom. The van der Waals surface area contributed by atoms with Crippen LogP contribution in [0.25, 0.3) is 0 Å². The van der Waals surface area contributed by atoms with Gasteiger partial charge in [0, 0.05) is 0 Å². The molecule has 1 rings (SSSR count). The summed E-state index contributed by atoms with van der Waals surface area (Å²) in [6.45, 7) is 1.60. The smallest absolute Gasteiger partial charge is 0.153 e. The largest absolute Gasteiger partial charge is 0.507 e. The topological polar surface area (TPSA) is 90.2 Å². The van der Waals surface area contributed by atoms with Gasteiger partial charge in [-0.1, -0.05) is 6.07 Å². The summed E-state index contributed by atoms with van der Waals surface area (Å²) < 4.78 is 23.9. The van der Waals surface area contributed by atoms with Crippen molar-refractivity contribution in [2.45, 2.75) is 32.4 Å². The van der Waals surface area contributed by atoms with E-state index in [0.717, 1.165) is 18.2 Å². The van der Waals surface area contributed by atoms with Gasteiger partial charge in [0.05, 0.1) is 33.1 Å². The Morgan fingerprint density at radius 1 is 1.58 bits per heavy atom. The summed E-state index contributed by atoms with van der Waals surface area (Å²) in [6.07, 6.45) is -2.59. The highest BCUT2D eigenvalue weighted by atomic mass is 16.3. The monoisotopic (exact) mass is 269 g/mol. The fourth-order valence-corrected chi connectivity index (χ4v) is 1.27. The minimum absolute atomic E-state index is 0.208. The highest BCUT2D eigenvalue weighted by Gasteiger charge is 2.24. The van der Waals surface area contributed by atoms with Crippen molar-refractivity contribution in [3.05, 3.63) is 34.2 Å². The van der Waals surface area contributed by atoms with Gasteiger partial charge in [-0.2, -0.15) is 0 Å². The molecule has 0 aliphatic carbocycles. The molecule has 0 aromatic heterocycles. The first kappa shape index (κ1) is 10.9. The fourth-order valence-electron chi connectivity index (χ4n) is 1.27. The molecule has 6 heteroatoms.